The van der Waals surface area contributed by atoms with Crippen LogP contribution < -0.4 is 9.47 Å². The number of aryl methyl sites for hydroxylation is 1. The number of thiophene rings is 1. The Hall–Kier alpha value is -1.52. The summed E-state index contributed by atoms with van der Waals surface area (Å²) in [4.78, 5) is 2.89. The highest BCUT2D eigenvalue weighted by atomic mass is 32.1. The highest BCUT2D eigenvalue weighted by Crippen LogP contribution is 2.51. The third kappa shape index (κ3) is 2.62. The van der Waals surface area contributed by atoms with Crippen LogP contribution in [0.5, 0.6) is 11.5 Å². The van der Waals surface area contributed by atoms with Gasteiger partial charge in [-0.3, -0.25) is 0 Å². The molecule has 0 unspecified atom stereocenters. The average molecular weight is 344 g/mol. The van der Waals surface area contributed by atoms with Gasteiger partial charge in [0.25, 0.3) is 0 Å². The molecular formula is C20H24O3S. The molecule has 1 aromatic carbocycles. The molecule has 24 heavy (non-hydrogen) atoms. The van der Waals surface area contributed by atoms with Crippen LogP contribution in [0.15, 0.2) is 24.3 Å². The van der Waals surface area contributed by atoms with Crippen LogP contribution in [-0.2, 0) is 4.74 Å². The largest absolute Gasteiger partial charge is 0.497 e. The Bertz CT molecular complexity index is 736. The molecular weight excluding hydrogens is 320 g/mol. The zero-order chi connectivity index (χ0) is 16.7. The smallest absolute Gasteiger partial charge is 0.125 e. The normalized spacial score (nSPS) is 25.7. The van der Waals surface area contributed by atoms with Gasteiger partial charge in [0, 0.05) is 21.2 Å². The maximum atomic E-state index is 6.63. The van der Waals surface area contributed by atoms with Crippen LogP contribution in [0.1, 0.15) is 58.6 Å². The summed E-state index contributed by atoms with van der Waals surface area (Å²) in [6.45, 7) is 2.20. The Labute approximate surface area is 147 Å². The third-order valence-electron chi connectivity index (χ3n) is 5.27. The van der Waals surface area contributed by atoms with Gasteiger partial charge in [0.1, 0.15) is 17.6 Å². The molecule has 2 aliphatic rings. The number of fused-ring (bicyclic) bond motifs is 3. The minimum atomic E-state index is -0.0608. The average Bonchev–Trinajstić information content (AvgIpc) is 3.02. The fourth-order valence-corrected chi connectivity index (χ4v) is 5.38. The molecule has 4 rings (SSSR count). The van der Waals surface area contributed by atoms with Gasteiger partial charge in [-0.2, -0.15) is 0 Å². The lowest BCUT2D eigenvalue weighted by atomic mass is 9.80. The number of ether oxygens (including phenoxy) is 3. The van der Waals surface area contributed by atoms with E-state index in [4.69, 9.17) is 14.2 Å². The van der Waals surface area contributed by atoms with Gasteiger partial charge in [-0.15, -0.1) is 11.3 Å². The second kappa shape index (κ2) is 6.41. The van der Waals surface area contributed by atoms with Gasteiger partial charge >= 0.3 is 0 Å². The molecule has 2 aromatic rings. The van der Waals surface area contributed by atoms with Crippen LogP contribution in [-0.4, -0.2) is 20.3 Å². The molecule has 3 nitrogen and oxygen atoms in total. The summed E-state index contributed by atoms with van der Waals surface area (Å²) in [5, 5.41) is 0. The lowest BCUT2D eigenvalue weighted by molar-refractivity contribution is -0.0382. The molecule has 0 saturated heterocycles. The summed E-state index contributed by atoms with van der Waals surface area (Å²) < 4.78 is 17.7. The monoisotopic (exact) mass is 344 g/mol. The second-order valence-electron chi connectivity index (χ2n) is 6.73. The molecule has 1 fully saturated rings. The maximum absolute atomic E-state index is 6.63. The van der Waals surface area contributed by atoms with E-state index in [2.05, 4.69) is 19.1 Å². The van der Waals surface area contributed by atoms with Crippen LogP contribution in [0, 0.1) is 6.92 Å². The first-order chi connectivity index (χ1) is 11.7. The first-order valence-corrected chi connectivity index (χ1v) is 9.50. The molecule has 0 spiro atoms. The second-order valence-corrected chi connectivity index (χ2v) is 8.02. The zero-order valence-electron chi connectivity index (χ0n) is 14.5. The minimum Gasteiger partial charge on any atom is -0.497 e. The van der Waals surface area contributed by atoms with E-state index in [9.17, 15) is 0 Å². The molecule has 2 heterocycles. The number of methoxy groups -OCH3 is 2. The van der Waals surface area contributed by atoms with Crippen molar-refractivity contribution in [2.75, 3.05) is 14.2 Å². The first-order valence-electron chi connectivity index (χ1n) is 8.69. The van der Waals surface area contributed by atoms with Crippen molar-refractivity contribution in [3.8, 4) is 11.5 Å². The van der Waals surface area contributed by atoms with E-state index in [1.165, 1.54) is 34.6 Å². The van der Waals surface area contributed by atoms with E-state index >= 15 is 0 Å². The van der Waals surface area contributed by atoms with Crippen LogP contribution in [0.2, 0.25) is 0 Å². The predicted octanol–water partition coefficient (Wildman–Crippen LogP) is 5.22. The van der Waals surface area contributed by atoms with Crippen molar-refractivity contribution in [1.29, 1.82) is 0 Å². The van der Waals surface area contributed by atoms with Crippen LogP contribution in [0.4, 0.5) is 0 Å². The molecule has 0 bridgehead atoms. The summed E-state index contributed by atoms with van der Waals surface area (Å²) in [6, 6.07) is 8.27. The van der Waals surface area contributed by atoms with Gasteiger partial charge in [0.05, 0.1) is 20.3 Å². The molecule has 128 valence electrons. The fourth-order valence-electron chi connectivity index (χ4n) is 4.14. The zero-order valence-corrected chi connectivity index (χ0v) is 15.3. The Morgan fingerprint density at radius 1 is 1.04 bits per heavy atom. The number of hydrogen-bond acceptors (Lipinski definition) is 4. The van der Waals surface area contributed by atoms with Crippen molar-refractivity contribution in [3.05, 3.63) is 45.1 Å². The molecule has 0 N–H and O–H groups in total. The molecule has 1 aliphatic heterocycles. The fraction of sp³-hybridized carbons (Fsp3) is 0.500. The number of benzene rings is 1. The highest BCUT2D eigenvalue weighted by Gasteiger charge is 2.40. The van der Waals surface area contributed by atoms with E-state index < -0.39 is 0 Å². The Morgan fingerprint density at radius 3 is 2.67 bits per heavy atom. The summed E-state index contributed by atoms with van der Waals surface area (Å²) in [5.74, 6) is 2.28. The molecule has 0 amide bonds. The number of rotatable bonds is 3. The highest BCUT2D eigenvalue weighted by molar-refractivity contribution is 7.12. The Kier molecular flexibility index (Phi) is 4.27. The van der Waals surface area contributed by atoms with Crippen molar-refractivity contribution in [2.45, 2.75) is 50.7 Å². The SMILES string of the molecule is COc1ccc(OC)c([C@H]2O[C@@H]3CCCC[C@@H]3c3sc(C)cc32)c1. The van der Waals surface area contributed by atoms with E-state index in [1.807, 2.05) is 23.5 Å². The summed E-state index contributed by atoms with van der Waals surface area (Å²) >= 11 is 1.95. The molecule has 1 aliphatic carbocycles. The van der Waals surface area contributed by atoms with E-state index in [0.29, 0.717) is 12.0 Å². The van der Waals surface area contributed by atoms with Crippen molar-refractivity contribution in [2.24, 2.45) is 0 Å². The quantitative estimate of drug-likeness (QED) is 0.764. The topological polar surface area (TPSA) is 27.7 Å². The van der Waals surface area contributed by atoms with E-state index in [-0.39, 0.29) is 6.10 Å². The molecule has 4 heteroatoms. The summed E-state index contributed by atoms with van der Waals surface area (Å²) in [6.07, 6.45) is 5.25. The van der Waals surface area contributed by atoms with Crippen LogP contribution >= 0.6 is 11.3 Å². The summed E-state index contributed by atoms with van der Waals surface area (Å²) in [7, 11) is 3.42. The Balaban J connectivity index is 1.83. The third-order valence-corrected chi connectivity index (χ3v) is 6.46. The van der Waals surface area contributed by atoms with Gasteiger partial charge in [-0.25, -0.2) is 0 Å². The lowest BCUT2D eigenvalue weighted by Gasteiger charge is -2.39. The van der Waals surface area contributed by atoms with Gasteiger partial charge in [-0.1, -0.05) is 12.8 Å². The van der Waals surface area contributed by atoms with Crippen molar-refractivity contribution >= 4 is 11.3 Å². The van der Waals surface area contributed by atoms with Gasteiger partial charge in [-0.05, 0) is 49.6 Å². The maximum Gasteiger partial charge on any atom is 0.125 e. The minimum absolute atomic E-state index is 0.0608. The molecule has 3 atom stereocenters. The van der Waals surface area contributed by atoms with Crippen molar-refractivity contribution in [1.82, 2.24) is 0 Å². The predicted molar refractivity (Wildman–Crippen MR) is 96.5 cm³/mol. The van der Waals surface area contributed by atoms with Crippen LogP contribution in [0.25, 0.3) is 0 Å². The molecule has 1 aromatic heterocycles. The Morgan fingerprint density at radius 2 is 1.88 bits per heavy atom. The van der Waals surface area contributed by atoms with Gasteiger partial charge in [0.2, 0.25) is 0 Å². The standard InChI is InChI=1S/C20H24O3S/c1-12-10-16-19(15-11-13(21-2)8-9-17(15)22-3)23-18-7-5-4-6-14(18)20(16)24-12/h8-11,14,18-19H,4-7H2,1-3H3/t14-,18+,19+/m0/s1. The van der Waals surface area contributed by atoms with Crippen molar-refractivity contribution in [3.63, 3.8) is 0 Å². The van der Waals surface area contributed by atoms with E-state index in [0.717, 1.165) is 23.5 Å². The first kappa shape index (κ1) is 16.0. The van der Waals surface area contributed by atoms with E-state index in [1.54, 1.807) is 14.2 Å². The van der Waals surface area contributed by atoms with Gasteiger partial charge in [0.15, 0.2) is 0 Å². The van der Waals surface area contributed by atoms with Crippen LogP contribution in [0.3, 0.4) is 0 Å². The number of hydrogen-bond donors (Lipinski definition) is 0. The molecule has 0 radical (unpaired) electrons. The lowest BCUT2D eigenvalue weighted by Crippen LogP contribution is -2.32. The summed E-state index contributed by atoms with van der Waals surface area (Å²) in [5.41, 5.74) is 2.40. The van der Waals surface area contributed by atoms with Crippen molar-refractivity contribution < 1.29 is 14.2 Å². The molecule has 1 saturated carbocycles. The van der Waals surface area contributed by atoms with Gasteiger partial charge < -0.3 is 14.2 Å².